The maximum atomic E-state index is 12.1. The number of hydrogen-bond donors (Lipinski definition) is 2. The van der Waals surface area contributed by atoms with Gasteiger partial charge in [-0.25, -0.2) is 15.0 Å². The van der Waals surface area contributed by atoms with E-state index in [4.69, 9.17) is 4.42 Å². The summed E-state index contributed by atoms with van der Waals surface area (Å²) in [6.45, 7) is 6.49. The Bertz CT molecular complexity index is 594. The van der Waals surface area contributed by atoms with Gasteiger partial charge in [-0.2, -0.15) is 0 Å². The van der Waals surface area contributed by atoms with E-state index < -0.39 is 0 Å². The second-order valence-corrected chi connectivity index (χ2v) is 4.72. The summed E-state index contributed by atoms with van der Waals surface area (Å²) < 4.78 is 5.37. The van der Waals surface area contributed by atoms with E-state index in [1.807, 2.05) is 0 Å². The van der Waals surface area contributed by atoms with E-state index in [2.05, 4.69) is 32.5 Å². The molecule has 0 saturated carbocycles. The Hall–Kier alpha value is -2.44. The Morgan fingerprint density at radius 2 is 2.10 bits per heavy atom. The topological polar surface area (TPSA) is 92.9 Å². The number of nitrogens with one attached hydrogen (secondary N) is 2. The molecular weight excluding hydrogens is 270 g/mol. The fourth-order valence-corrected chi connectivity index (χ4v) is 1.69. The quantitative estimate of drug-likeness (QED) is 0.845. The van der Waals surface area contributed by atoms with E-state index in [-0.39, 0.29) is 17.6 Å². The molecule has 2 heterocycles. The summed E-state index contributed by atoms with van der Waals surface area (Å²) >= 11 is 0. The van der Waals surface area contributed by atoms with Crippen molar-refractivity contribution in [2.45, 2.75) is 33.2 Å². The van der Waals surface area contributed by atoms with Gasteiger partial charge >= 0.3 is 0 Å². The van der Waals surface area contributed by atoms with Gasteiger partial charge < -0.3 is 15.1 Å². The van der Waals surface area contributed by atoms with Gasteiger partial charge in [0.15, 0.2) is 0 Å². The van der Waals surface area contributed by atoms with E-state index in [0.29, 0.717) is 17.5 Å². The fourth-order valence-electron chi connectivity index (χ4n) is 1.69. The molecule has 0 aromatic carbocycles. The first kappa shape index (κ1) is 15.0. The highest BCUT2D eigenvalue weighted by atomic mass is 16.4. The van der Waals surface area contributed by atoms with E-state index in [0.717, 1.165) is 13.0 Å². The van der Waals surface area contributed by atoms with Crippen LogP contribution in [0.5, 0.6) is 0 Å². The molecule has 7 heteroatoms. The number of oxazole rings is 1. The van der Waals surface area contributed by atoms with Crippen LogP contribution >= 0.6 is 0 Å². The molecule has 2 aromatic heterocycles. The minimum absolute atomic E-state index is 0.257. The Morgan fingerprint density at radius 3 is 2.67 bits per heavy atom. The van der Waals surface area contributed by atoms with Gasteiger partial charge in [-0.15, -0.1) is 0 Å². The van der Waals surface area contributed by atoms with Crippen LogP contribution in [0.2, 0.25) is 0 Å². The average Bonchev–Trinajstić information content (AvgIpc) is 2.92. The van der Waals surface area contributed by atoms with Crippen LogP contribution < -0.4 is 10.6 Å². The lowest BCUT2D eigenvalue weighted by molar-refractivity contribution is 0.0928. The Balaban J connectivity index is 1.96. The van der Waals surface area contributed by atoms with Crippen LogP contribution in [0.25, 0.3) is 0 Å². The largest absolute Gasteiger partial charge is 0.444 e. The standard InChI is InChI=1S/C14H19N5O2/c1-4-5-15-12-8-16-11(7-17-12)13(20)19-10(3)14-18-6-9(2)21-14/h6-8,10H,4-5H2,1-3H3,(H,15,17)(H,19,20). The van der Waals surface area contributed by atoms with Crippen LogP contribution in [-0.2, 0) is 0 Å². The average molecular weight is 289 g/mol. The van der Waals surface area contributed by atoms with E-state index >= 15 is 0 Å². The smallest absolute Gasteiger partial charge is 0.272 e. The maximum Gasteiger partial charge on any atom is 0.272 e. The first-order valence-corrected chi connectivity index (χ1v) is 6.89. The lowest BCUT2D eigenvalue weighted by Crippen LogP contribution is -2.27. The summed E-state index contributed by atoms with van der Waals surface area (Å²) in [5, 5.41) is 5.87. The Kier molecular flexibility index (Phi) is 4.86. The zero-order valence-corrected chi connectivity index (χ0v) is 12.4. The second-order valence-electron chi connectivity index (χ2n) is 4.72. The van der Waals surface area contributed by atoms with Gasteiger partial charge in [0.2, 0.25) is 5.89 Å². The minimum atomic E-state index is -0.328. The lowest BCUT2D eigenvalue weighted by Gasteiger charge is -2.10. The van der Waals surface area contributed by atoms with Gasteiger partial charge in [0.1, 0.15) is 23.3 Å². The van der Waals surface area contributed by atoms with Crippen molar-refractivity contribution in [1.29, 1.82) is 0 Å². The van der Waals surface area contributed by atoms with Crippen LogP contribution in [0.1, 0.15) is 48.4 Å². The summed E-state index contributed by atoms with van der Waals surface area (Å²) in [6, 6.07) is -0.328. The fraction of sp³-hybridized carbons (Fsp3) is 0.429. The monoisotopic (exact) mass is 289 g/mol. The van der Waals surface area contributed by atoms with Crippen molar-refractivity contribution in [3.63, 3.8) is 0 Å². The number of nitrogens with zero attached hydrogens (tertiary/aromatic N) is 3. The van der Waals surface area contributed by atoms with Crippen LogP contribution in [0.15, 0.2) is 23.0 Å². The molecule has 2 N–H and O–H groups in total. The molecule has 0 saturated heterocycles. The Labute approximate surface area is 123 Å². The molecule has 7 nitrogen and oxygen atoms in total. The molecule has 0 aliphatic rings. The molecule has 2 aromatic rings. The van der Waals surface area contributed by atoms with Crippen molar-refractivity contribution >= 4 is 11.7 Å². The zero-order chi connectivity index (χ0) is 15.2. The van der Waals surface area contributed by atoms with Gasteiger partial charge in [-0.3, -0.25) is 4.79 Å². The molecule has 112 valence electrons. The molecule has 2 rings (SSSR count). The van der Waals surface area contributed by atoms with Gasteiger partial charge in [0.25, 0.3) is 5.91 Å². The first-order valence-electron chi connectivity index (χ1n) is 6.89. The van der Waals surface area contributed by atoms with Crippen molar-refractivity contribution in [1.82, 2.24) is 20.3 Å². The number of carbonyl (C=O) groups is 1. The molecular formula is C14H19N5O2. The molecule has 21 heavy (non-hydrogen) atoms. The third kappa shape index (κ3) is 4.01. The van der Waals surface area contributed by atoms with Crippen LogP contribution in [-0.4, -0.2) is 27.4 Å². The SMILES string of the molecule is CCCNc1cnc(C(=O)NC(C)c2ncc(C)o2)cn1. The predicted molar refractivity (Wildman–Crippen MR) is 77.9 cm³/mol. The molecule has 0 fully saturated rings. The number of amides is 1. The van der Waals surface area contributed by atoms with Crippen LogP contribution in [0.4, 0.5) is 5.82 Å². The van der Waals surface area contributed by atoms with Crippen molar-refractivity contribution in [3.8, 4) is 0 Å². The number of carbonyl (C=O) groups excluding carboxylic acids is 1. The summed E-state index contributed by atoms with van der Waals surface area (Å²) in [5.74, 6) is 1.52. The maximum absolute atomic E-state index is 12.1. The zero-order valence-electron chi connectivity index (χ0n) is 12.4. The first-order chi connectivity index (χ1) is 10.1. The van der Waals surface area contributed by atoms with Crippen molar-refractivity contribution in [3.05, 3.63) is 35.9 Å². The van der Waals surface area contributed by atoms with E-state index in [1.54, 1.807) is 26.2 Å². The Morgan fingerprint density at radius 1 is 1.29 bits per heavy atom. The summed E-state index contributed by atoms with van der Waals surface area (Å²) in [5.41, 5.74) is 0.257. The van der Waals surface area contributed by atoms with Gasteiger partial charge in [-0.05, 0) is 20.3 Å². The summed E-state index contributed by atoms with van der Waals surface area (Å²) in [4.78, 5) is 24.4. The molecule has 0 radical (unpaired) electrons. The molecule has 0 aliphatic carbocycles. The lowest BCUT2D eigenvalue weighted by atomic mass is 10.3. The highest BCUT2D eigenvalue weighted by Gasteiger charge is 2.16. The molecule has 0 spiro atoms. The second kappa shape index (κ2) is 6.83. The van der Waals surface area contributed by atoms with E-state index in [9.17, 15) is 4.79 Å². The molecule has 0 aliphatic heterocycles. The number of aromatic nitrogens is 3. The van der Waals surface area contributed by atoms with Crippen molar-refractivity contribution < 1.29 is 9.21 Å². The minimum Gasteiger partial charge on any atom is -0.444 e. The molecule has 1 atom stereocenters. The number of hydrogen-bond acceptors (Lipinski definition) is 6. The number of aryl methyl sites for hydroxylation is 1. The normalized spacial score (nSPS) is 12.0. The van der Waals surface area contributed by atoms with Gasteiger partial charge in [0.05, 0.1) is 18.6 Å². The van der Waals surface area contributed by atoms with Crippen LogP contribution in [0.3, 0.4) is 0 Å². The third-order valence-electron chi connectivity index (χ3n) is 2.80. The molecule has 1 amide bonds. The predicted octanol–water partition coefficient (Wildman–Crippen LogP) is 2.09. The highest BCUT2D eigenvalue weighted by molar-refractivity contribution is 5.92. The van der Waals surface area contributed by atoms with Crippen molar-refractivity contribution in [2.75, 3.05) is 11.9 Å². The van der Waals surface area contributed by atoms with Crippen LogP contribution in [0, 0.1) is 6.92 Å². The summed E-state index contributed by atoms with van der Waals surface area (Å²) in [6.07, 6.45) is 5.61. The third-order valence-corrected chi connectivity index (χ3v) is 2.80. The van der Waals surface area contributed by atoms with Gasteiger partial charge in [0, 0.05) is 6.54 Å². The van der Waals surface area contributed by atoms with Crippen molar-refractivity contribution in [2.24, 2.45) is 0 Å². The molecule has 0 bridgehead atoms. The van der Waals surface area contributed by atoms with Gasteiger partial charge in [-0.1, -0.05) is 6.92 Å². The highest BCUT2D eigenvalue weighted by Crippen LogP contribution is 2.12. The van der Waals surface area contributed by atoms with E-state index in [1.165, 1.54) is 6.20 Å². The molecule has 1 unspecified atom stereocenters. The number of rotatable bonds is 6. The number of anilines is 1. The summed E-state index contributed by atoms with van der Waals surface area (Å²) in [7, 11) is 0.